The summed E-state index contributed by atoms with van der Waals surface area (Å²) in [6, 6.07) is 9.05. The lowest BCUT2D eigenvalue weighted by atomic mass is 10.1. The number of nitrogens with zero attached hydrogens (tertiary/aromatic N) is 4. The number of hydrogen-bond donors (Lipinski definition) is 1. The fraction of sp³-hybridized carbons (Fsp3) is 0.312. The minimum Gasteiger partial charge on any atom is -0.368 e. The largest absolute Gasteiger partial charge is 0.368 e. The minimum absolute atomic E-state index is 0.127. The van der Waals surface area contributed by atoms with Crippen LogP contribution in [0.15, 0.2) is 36.5 Å². The number of pyridine rings is 2. The van der Waals surface area contributed by atoms with Gasteiger partial charge >= 0.3 is 6.03 Å². The Morgan fingerprint density at radius 3 is 2.78 bits per heavy atom. The van der Waals surface area contributed by atoms with Crippen LogP contribution in [0.5, 0.6) is 0 Å². The van der Waals surface area contributed by atoms with Crippen LogP contribution in [0, 0.1) is 0 Å². The molecule has 0 saturated carbocycles. The number of carbonyl (C=O) groups excluding carboxylic acids is 1. The van der Waals surface area contributed by atoms with Gasteiger partial charge in [-0.05, 0) is 37.1 Å². The van der Waals surface area contributed by atoms with E-state index in [1.807, 2.05) is 18.2 Å². The fourth-order valence-electron chi connectivity index (χ4n) is 3.25. The molecule has 5 heterocycles. The van der Waals surface area contributed by atoms with Crippen LogP contribution in [-0.2, 0) is 0 Å². The van der Waals surface area contributed by atoms with Crippen molar-refractivity contribution in [3.05, 3.63) is 41.7 Å². The van der Waals surface area contributed by atoms with Crippen molar-refractivity contribution in [1.29, 1.82) is 0 Å². The Morgan fingerprint density at radius 1 is 1.22 bits per heavy atom. The third kappa shape index (κ3) is 2.59. The number of anilines is 3. The minimum atomic E-state index is -0.214. The van der Waals surface area contributed by atoms with Gasteiger partial charge in [0.05, 0.1) is 5.69 Å². The van der Waals surface area contributed by atoms with E-state index in [9.17, 15) is 4.79 Å². The lowest BCUT2D eigenvalue weighted by Gasteiger charge is -2.31. The van der Waals surface area contributed by atoms with Crippen molar-refractivity contribution < 1.29 is 4.79 Å². The lowest BCUT2D eigenvalue weighted by molar-refractivity contribution is 0.253. The molecule has 3 aliphatic heterocycles. The number of piperidine rings is 1. The third-order valence-electron chi connectivity index (χ3n) is 4.34. The maximum atomic E-state index is 12.9. The number of rotatable bonds is 1. The number of amides is 2. The van der Waals surface area contributed by atoms with Gasteiger partial charge in [-0.2, -0.15) is 0 Å². The Morgan fingerprint density at radius 2 is 2.04 bits per heavy atom. The first-order valence-corrected chi connectivity index (χ1v) is 8.03. The van der Waals surface area contributed by atoms with Crippen LogP contribution in [0.3, 0.4) is 0 Å². The summed E-state index contributed by atoms with van der Waals surface area (Å²) in [6.45, 7) is 1.85. The molecular formula is C16H16ClN5O. The molecule has 0 aromatic carbocycles. The molecule has 1 fully saturated rings. The second-order valence-corrected chi connectivity index (χ2v) is 6.10. The van der Waals surface area contributed by atoms with Crippen LogP contribution in [0.2, 0.25) is 5.15 Å². The molecule has 2 aromatic heterocycles. The molecule has 0 atom stereocenters. The molecule has 3 aliphatic rings. The van der Waals surface area contributed by atoms with Gasteiger partial charge in [0.1, 0.15) is 11.0 Å². The second-order valence-electron chi connectivity index (χ2n) is 5.71. The maximum Gasteiger partial charge on any atom is 0.328 e. The van der Waals surface area contributed by atoms with Crippen molar-refractivity contribution in [1.82, 2.24) is 9.97 Å². The fourth-order valence-corrected chi connectivity index (χ4v) is 3.39. The molecule has 0 aliphatic carbocycles. The first-order chi connectivity index (χ1) is 11.2. The van der Waals surface area contributed by atoms with Gasteiger partial charge in [0, 0.05) is 25.3 Å². The highest BCUT2D eigenvalue weighted by Crippen LogP contribution is 2.38. The first-order valence-electron chi connectivity index (χ1n) is 7.65. The van der Waals surface area contributed by atoms with Crippen molar-refractivity contribution in [2.24, 2.45) is 0 Å². The molecule has 0 radical (unpaired) electrons. The molecule has 7 heteroatoms. The molecular weight excluding hydrogens is 314 g/mol. The van der Waals surface area contributed by atoms with Gasteiger partial charge in [0.2, 0.25) is 0 Å². The van der Waals surface area contributed by atoms with Crippen molar-refractivity contribution in [3.63, 3.8) is 0 Å². The zero-order valence-electron chi connectivity index (χ0n) is 12.4. The number of urea groups is 1. The SMILES string of the molecule is O=C(Nc1ccccn1)N1c2nc(Cl)ccc2N2CCC1CC2. The molecule has 1 N–H and O–H groups in total. The van der Waals surface area contributed by atoms with Gasteiger partial charge < -0.3 is 4.90 Å². The highest BCUT2D eigenvalue weighted by atomic mass is 35.5. The van der Waals surface area contributed by atoms with E-state index in [-0.39, 0.29) is 12.1 Å². The normalized spacial score (nSPS) is 16.9. The summed E-state index contributed by atoms with van der Waals surface area (Å²) in [5.41, 5.74) is 0.963. The van der Waals surface area contributed by atoms with E-state index in [0.717, 1.165) is 31.6 Å². The smallest absolute Gasteiger partial charge is 0.328 e. The number of nitrogens with one attached hydrogen (secondary N) is 1. The van der Waals surface area contributed by atoms with Crippen molar-refractivity contribution in [2.45, 2.75) is 18.9 Å². The van der Waals surface area contributed by atoms with E-state index in [4.69, 9.17) is 11.6 Å². The monoisotopic (exact) mass is 329 g/mol. The predicted octanol–water partition coefficient (Wildman–Crippen LogP) is 3.15. The Kier molecular flexibility index (Phi) is 3.53. The summed E-state index contributed by atoms with van der Waals surface area (Å²) in [5.74, 6) is 1.16. The van der Waals surface area contributed by atoms with Crippen LogP contribution < -0.4 is 15.1 Å². The number of hydrogen-bond acceptors (Lipinski definition) is 4. The van der Waals surface area contributed by atoms with Crippen LogP contribution in [0.1, 0.15) is 12.8 Å². The van der Waals surface area contributed by atoms with Gasteiger partial charge in [0.15, 0.2) is 5.82 Å². The van der Waals surface area contributed by atoms with E-state index in [1.54, 1.807) is 23.2 Å². The Hall–Kier alpha value is -2.34. The van der Waals surface area contributed by atoms with Crippen molar-refractivity contribution >= 4 is 35.0 Å². The van der Waals surface area contributed by atoms with E-state index >= 15 is 0 Å². The first kappa shape index (κ1) is 14.3. The number of carbonyl (C=O) groups is 1. The molecule has 23 heavy (non-hydrogen) atoms. The third-order valence-corrected chi connectivity index (χ3v) is 4.55. The summed E-state index contributed by atoms with van der Waals surface area (Å²) in [4.78, 5) is 25.4. The van der Waals surface area contributed by atoms with E-state index < -0.39 is 0 Å². The Bertz CT molecular complexity index is 731. The van der Waals surface area contributed by atoms with Crippen LogP contribution in [0.4, 0.5) is 22.1 Å². The average Bonchev–Trinajstić information content (AvgIpc) is 2.81. The standard InChI is InChI=1S/C16H16ClN5O/c17-13-5-4-12-15(19-13)22(11-6-9-21(12)10-7-11)16(23)20-14-3-1-2-8-18-14/h1-5,8,11H,6-7,9-10H2,(H,18,20,23). The molecule has 0 unspecified atom stereocenters. The Balaban J connectivity index is 1.72. The molecule has 0 spiro atoms. The summed E-state index contributed by atoms with van der Waals surface area (Å²) in [6.07, 6.45) is 3.49. The molecule has 1 saturated heterocycles. The van der Waals surface area contributed by atoms with Gasteiger partial charge in [-0.15, -0.1) is 0 Å². The van der Waals surface area contributed by atoms with Crippen LogP contribution in [-0.4, -0.2) is 35.1 Å². The number of aromatic nitrogens is 2. The molecule has 118 valence electrons. The molecule has 6 nitrogen and oxygen atoms in total. The lowest BCUT2D eigenvalue weighted by Crippen LogP contribution is -2.46. The van der Waals surface area contributed by atoms with Crippen molar-refractivity contribution in [3.8, 4) is 0 Å². The zero-order chi connectivity index (χ0) is 15.8. The summed E-state index contributed by atoms with van der Waals surface area (Å²) in [7, 11) is 0. The number of fused-ring (bicyclic) bond motifs is 2. The maximum absolute atomic E-state index is 12.9. The van der Waals surface area contributed by atoms with E-state index in [0.29, 0.717) is 16.8 Å². The molecule has 2 amide bonds. The molecule has 2 aromatic rings. The Labute approximate surface area is 139 Å². The zero-order valence-corrected chi connectivity index (χ0v) is 13.2. The molecule has 2 bridgehead atoms. The highest BCUT2D eigenvalue weighted by molar-refractivity contribution is 6.29. The van der Waals surface area contributed by atoms with E-state index in [1.165, 1.54) is 0 Å². The number of halogens is 1. The van der Waals surface area contributed by atoms with Gasteiger partial charge in [-0.3, -0.25) is 10.2 Å². The topological polar surface area (TPSA) is 61.4 Å². The molecule has 5 rings (SSSR count). The predicted molar refractivity (Wildman–Crippen MR) is 90.2 cm³/mol. The average molecular weight is 330 g/mol. The summed E-state index contributed by atoms with van der Waals surface area (Å²) in [5, 5.41) is 3.25. The van der Waals surface area contributed by atoms with Gasteiger partial charge in [0.25, 0.3) is 0 Å². The van der Waals surface area contributed by atoms with Crippen LogP contribution >= 0.6 is 11.6 Å². The van der Waals surface area contributed by atoms with Crippen molar-refractivity contribution in [2.75, 3.05) is 28.2 Å². The van der Waals surface area contributed by atoms with E-state index in [2.05, 4.69) is 20.2 Å². The van der Waals surface area contributed by atoms with Crippen LogP contribution in [0.25, 0.3) is 0 Å². The second kappa shape index (κ2) is 5.70. The summed E-state index contributed by atoms with van der Waals surface area (Å²) < 4.78 is 0. The summed E-state index contributed by atoms with van der Waals surface area (Å²) >= 11 is 6.08. The quantitative estimate of drug-likeness (QED) is 0.816. The highest BCUT2D eigenvalue weighted by Gasteiger charge is 2.37. The van der Waals surface area contributed by atoms with Gasteiger partial charge in [-0.25, -0.2) is 14.8 Å². The van der Waals surface area contributed by atoms with Gasteiger partial charge in [-0.1, -0.05) is 17.7 Å².